The maximum absolute atomic E-state index is 13.9. The lowest BCUT2D eigenvalue weighted by Gasteiger charge is -2.09. The van der Waals surface area contributed by atoms with Crippen LogP contribution < -0.4 is 5.56 Å². The van der Waals surface area contributed by atoms with Crippen molar-refractivity contribution in [2.75, 3.05) is 0 Å². The molecule has 1 aromatic heterocycles. The van der Waals surface area contributed by atoms with Crippen LogP contribution in [0, 0.1) is 35.7 Å². The third kappa shape index (κ3) is 2.23. The van der Waals surface area contributed by atoms with Crippen molar-refractivity contribution in [3.05, 3.63) is 55.7 Å². The Hall–Kier alpha value is -2.07. The molecular weight excluding hydrogens is 337 g/mol. The van der Waals surface area contributed by atoms with Gasteiger partial charge in [0.1, 0.15) is 17.4 Å². The van der Waals surface area contributed by atoms with Gasteiger partial charge in [0.25, 0.3) is 5.56 Å². The first-order valence-electron chi connectivity index (χ1n) is 5.34. The van der Waals surface area contributed by atoms with Crippen molar-refractivity contribution in [1.29, 1.82) is 5.26 Å². The van der Waals surface area contributed by atoms with Gasteiger partial charge in [0, 0.05) is 11.3 Å². The Bertz CT molecular complexity index is 809. The van der Waals surface area contributed by atoms with Crippen molar-refractivity contribution in [1.82, 2.24) is 4.98 Å². The zero-order valence-corrected chi connectivity index (χ0v) is 11.6. The summed E-state index contributed by atoms with van der Waals surface area (Å²) in [7, 11) is 0. The van der Waals surface area contributed by atoms with E-state index in [4.69, 9.17) is 5.26 Å². The maximum atomic E-state index is 13.9. The molecule has 0 aliphatic heterocycles. The summed E-state index contributed by atoms with van der Waals surface area (Å²) in [4.78, 5) is 14.0. The fraction of sp³-hybridized carbons (Fsp3) is 0.0769. The van der Waals surface area contributed by atoms with Crippen LogP contribution in [-0.4, -0.2) is 4.98 Å². The number of H-pyrrole nitrogens is 1. The van der Waals surface area contributed by atoms with Gasteiger partial charge >= 0.3 is 0 Å². The average molecular weight is 343 g/mol. The minimum atomic E-state index is -1.46. The quantitative estimate of drug-likeness (QED) is 0.637. The fourth-order valence-corrected chi connectivity index (χ4v) is 2.18. The van der Waals surface area contributed by atoms with Crippen LogP contribution in [0.25, 0.3) is 11.1 Å². The predicted molar refractivity (Wildman–Crippen MR) is 69.5 cm³/mol. The van der Waals surface area contributed by atoms with Crippen molar-refractivity contribution in [3.8, 4) is 17.2 Å². The minimum absolute atomic E-state index is 0.282. The normalized spacial score (nSPS) is 10.4. The molecule has 3 nitrogen and oxygen atoms in total. The molecule has 0 atom stereocenters. The van der Waals surface area contributed by atoms with Crippen molar-refractivity contribution in [3.63, 3.8) is 0 Å². The first-order valence-corrected chi connectivity index (χ1v) is 6.13. The zero-order valence-electron chi connectivity index (χ0n) is 10.0. The summed E-state index contributed by atoms with van der Waals surface area (Å²) in [6.45, 7) is 1.48. The predicted octanol–water partition coefficient (Wildman–Crippen LogP) is 3.40. The van der Waals surface area contributed by atoms with Crippen LogP contribution in [0.4, 0.5) is 13.2 Å². The first-order chi connectivity index (χ1) is 9.36. The van der Waals surface area contributed by atoms with E-state index in [0.717, 1.165) is 6.07 Å². The molecule has 0 bridgehead atoms. The number of rotatable bonds is 1. The van der Waals surface area contributed by atoms with Crippen molar-refractivity contribution in [2.45, 2.75) is 6.92 Å². The van der Waals surface area contributed by atoms with E-state index in [2.05, 4.69) is 20.9 Å². The summed E-state index contributed by atoms with van der Waals surface area (Å²) in [5.41, 5.74) is -1.99. The monoisotopic (exact) mass is 342 g/mol. The Balaban J connectivity index is 2.93. The molecule has 0 saturated carbocycles. The van der Waals surface area contributed by atoms with Gasteiger partial charge in [-0.1, -0.05) is 0 Å². The third-order valence-electron chi connectivity index (χ3n) is 2.66. The van der Waals surface area contributed by atoms with E-state index in [1.54, 1.807) is 6.07 Å². The van der Waals surface area contributed by atoms with Gasteiger partial charge in [0.05, 0.1) is 10.0 Å². The highest BCUT2D eigenvalue weighted by atomic mass is 79.9. The van der Waals surface area contributed by atoms with Gasteiger partial charge in [0.2, 0.25) is 0 Å². The molecule has 0 saturated heterocycles. The highest BCUT2D eigenvalue weighted by Crippen LogP contribution is 2.32. The summed E-state index contributed by atoms with van der Waals surface area (Å²) in [5.74, 6) is -3.82. The van der Waals surface area contributed by atoms with E-state index in [-0.39, 0.29) is 10.0 Å². The smallest absolute Gasteiger partial charge is 0.266 e. The minimum Gasteiger partial charge on any atom is -0.325 e. The van der Waals surface area contributed by atoms with E-state index in [0.29, 0.717) is 5.69 Å². The number of halogens is 4. The summed E-state index contributed by atoms with van der Waals surface area (Å²) in [6.07, 6.45) is 0. The van der Waals surface area contributed by atoms with Gasteiger partial charge < -0.3 is 4.98 Å². The Labute approximate surface area is 119 Å². The van der Waals surface area contributed by atoms with Crippen LogP contribution in [0.1, 0.15) is 11.3 Å². The Morgan fingerprint density at radius 2 is 1.90 bits per heavy atom. The molecule has 1 heterocycles. The number of nitrogens with one attached hydrogen (secondary N) is 1. The largest absolute Gasteiger partial charge is 0.325 e. The number of pyridine rings is 1. The summed E-state index contributed by atoms with van der Waals surface area (Å²) in [5, 5.41) is 8.94. The van der Waals surface area contributed by atoms with Crippen LogP contribution in [0.2, 0.25) is 0 Å². The summed E-state index contributed by atoms with van der Waals surface area (Å²) in [6, 6.07) is 3.53. The van der Waals surface area contributed by atoms with E-state index in [1.807, 2.05) is 0 Å². The topological polar surface area (TPSA) is 56.6 Å². The zero-order chi connectivity index (χ0) is 15.0. The van der Waals surface area contributed by atoms with E-state index in [9.17, 15) is 18.0 Å². The van der Waals surface area contributed by atoms with Crippen LogP contribution in [0.3, 0.4) is 0 Å². The number of nitriles is 1. The molecule has 0 fully saturated rings. The molecule has 1 aromatic carbocycles. The standard InChI is InChI=1S/C13H6BrF3N2O/c1-5-2-6(7(4-18)13(20)19-5)10-9(15)3-8(14)11(16)12(10)17/h2-3H,1H3,(H,19,20). The van der Waals surface area contributed by atoms with Crippen molar-refractivity contribution >= 4 is 15.9 Å². The molecule has 0 aliphatic carbocycles. The van der Waals surface area contributed by atoms with Gasteiger partial charge in [0.15, 0.2) is 11.6 Å². The molecule has 20 heavy (non-hydrogen) atoms. The van der Waals surface area contributed by atoms with Gasteiger partial charge in [-0.05, 0) is 35.0 Å². The average Bonchev–Trinajstić information content (AvgIpc) is 2.35. The molecule has 0 radical (unpaired) electrons. The second kappa shape index (κ2) is 5.13. The molecule has 0 aliphatic rings. The van der Waals surface area contributed by atoms with Crippen molar-refractivity contribution in [2.24, 2.45) is 0 Å². The lowest BCUT2D eigenvalue weighted by Crippen LogP contribution is -2.13. The molecule has 102 valence electrons. The van der Waals surface area contributed by atoms with Gasteiger partial charge in [-0.2, -0.15) is 5.26 Å². The van der Waals surface area contributed by atoms with E-state index >= 15 is 0 Å². The van der Waals surface area contributed by atoms with Crippen LogP contribution in [0.5, 0.6) is 0 Å². The summed E-state index contributed by atoms with van der Waals surface area (Å²) < 4.78 is 41.0. The highest BCUT2D eigenvalue weighted by Gasteiger charge is 2.22. The SMILES string of the molecule is Cc1cc(-c2c(F)cc(Br)c(F)c2F)c(C#N)c(=O)[nH]1. The first kappa shape index (κ1) is 14.3. The number of hydrogen-bond acceptors (Lipinski definition) is 2. The molecular formula is C13H6BrF3N2O. The van der Waals surface area contributed by atoms with E-state index in [1.165, 1.54) is 13.0 Å². The van der Waals surface area contributed by atoms with Crippen molar-refractivity contribution < 1.29 is 13.2 Å². The van der Waals surface area contributed by atoms with Gasteiger partial charge in [-0.15, -0.1) is 0 Å². The van der Waals surface area contributed by atoms with Crippen LogP contribution in [0.15, 0.2) is 21.4 Å². The lowest BCUT2D eigenvalue weighted by atomic mass is 10.00. The number of nitrogens with zero attached hydrogens (tertiary/aromatic N) is 1. The van der Waals surface area contributed by atoms with E-state index < -0.39 is 34.1 Å². The lowest BCUT2D eigenvalue weighted by molar-refractivity contribution is 0.494. The number of hydrogen-bond donors (Lipinski definition) is 1. The molecule has 7 heteroatoms. The summed E-state index contributed by atoms with van der Waals surface area (Å²) >= 11 is 2.68. The Kier molecular flexibility index (Phi) is 3.68. The number of aromatic nitrogens is 1. The molecule has 2 aromatic rings. The molecule has 1 N–H and O–H groups in total. The number of benzene rings is 1. The fourth-order valence-electron chi connectivity index (χ4n) is 1.81. The van der Waals surface area contributed by atoms with Gasteiger partial charge in [-0.25, -0.2) is 13.2 Å². The number of aryl methyl sites for hydroxylation is 1. The second-order valence-corrected chi connectivity index (χ2v) is 4.88. The molecule has 0 spiro atoms. The van der Waals surface area contributed by atoms with Crippen LogP contribution >= 0.6 is 15.9 Å². The molecule has 0 amide bonds. The second-order valence-electron chi connectivity index (χ2n) is 4.03. The third-order valence-corrected chi connectivity index (χ3v) is 3.24. The highest BCUT2D eigenvalue weighted by molar-refractivity contribution is 9.10. The number of aromatic amines is 1. The maximum Gasteiger partial charge on any atom is 0.266 e. The Morgan fingerprint density at radius 3 is 2.50 bits per heavy atom. The molecule has 0 unspecified atom stereocenters. The Morgan fingerprint density at radius 1 is 1.25 bits per heavy atom. The van der Waals surface area contributed by atoms with Crippen LogP contribution in [-0.2, 0) is 0 Å². The molecule has 2 rings (SSSR count). The van der Waals surface area contributed by atoms with Gasteiger partial charge in [-0.3, -0.25) is 4.79 Å².